The van der Waals surface area contributed by atoms with Crippen LogP contribution < -0.4 is 0 Å². The van der Waals surface area contributed by atoms with Crippen molar-refractivity contribution in [3.05, 3.63) is 32.7 Å². The maximum absolute atomic E-state index is 10.7. The highest BCUT2D eigenvalue weighted by Gasteiger charge is 2.23. The van der Waals surface area contributed by atoms with Crippen LogP contribution in [0.25, 0.3) is 0 Å². The Kier molecular flexibility index (Phi) is 4.31. The third-order valence-corrected chi connectivity index (χ3v) is 4.03. The van der Waals surface area contributed by atoms with E-state index in [0.717, 1.165) is 8.95 Å². The summed E-state index contributed by atoms with van der Waals surface area (Å²) in [6.45, 7) is 1.48. The van der Waals surface area contributed by atoms with E-state index in [2.05, 4.69) is 31.9 Å². The average molecular weight is 338 g/mol. The number of carboxylic acids is 1. The molecule has 2 atom stereocenters. The summed E-state index contributed by atoms with van der Waals surface area (Å²) in [5.41, 5.74) is 0.583. The Morgan fingerprint density at radius 3 is 2.40 bits per heavy atom. The first-order valence-electron chi connectivity index (χ1n) is 4.29. The molecule has 0 heterocycles. The van der Waals surface area contributed by atoms with Gasteiger partial charge < -0.3 is 10.2 Å². The Bertz CT molecular complexity index is 379. The quantitative estimate of drug-likeness (QED) is 0.891. The summed E-state index contributed by atoms with van der Waals surface area (Å²) < 4.78 is 1.65. The van der Waals surface area contributed by atoms with E-state index in [9.17, 15) is 9.90 Å². The van der Waals surface area contributed by atoms with Gasteiger partial charge in [-0.2, -0.15) is 0 Å². The molecular weight excluding hydrogens is 328 g/mol. The number of aliphatic hydroxyl groups excluding tert-OH is 1. The van der Waals surface area contributed by atoms with Gasteiger partial charge >= 0.3 is 5.97 Å². The third-order valence-electron chi connectivity index (χ3n) is 2.15. The first-order chi connectivity index (χ1) is 6.93. The van der Waals surface area contributed by atoms with E-state index in [1.54, 1.807) is 18.2 Å². The lowest BCUT2D eigenvalue weighted by Gasteiger charge is -2.15. The first-order valence-corrected chi connectivity index (χ1v) is 5.88. The number of rotatable bonds is 3. The molecule has 0 aliphatic carbocycles. The summed E-state index contributed by atoms with van der Waals surface area (Å²) >= 11 is 6.59. The van der Waals surface area contributed by atoms with E-state index in [4.69, 9.17) is 5.11 Å². The van der Waals surface area contributed by atoms with Gasteiger partial charge in [-0.25, -0.2) is 0 Å². The lowest BCUT2D eigenvalue weighted by molar-refractivity contribution is -0.145. The fourth-order valence-corrected chi connectivity index (χ4v) is 1.76. The van der Waals surface area contributed by atoms with Crippen molar-refractivity contribution in [1.82, 2.24) is 0 Å². The molecule has 0 aromatic heterocycles. The van der Waals surface area contributed by atoms with Crippen LogP contribution >= 0.6 is 31.9 Å². The summed E-state index contributed by atoms with van der Waals surface area (Å²) in [5, 5.41) is 18.5. The van der Waals surface area contributed by atoms with E-state index < -0.39 is 18.0 Å². The standard InChI is InChI=1S/C10H10Br2O3/c1-5(10(14)15)9(13)6-2-3-7(11)8(12)4-6/h2-5,9,13H,1H3,(H,14,15). The largest absolute Gasteiger partial charge is 0.481 e. The topological polar surface area (TPSA) is 57.5 Å². The van der Waals surface area contributed by atoms with Crippen LogP contribution in [-0.2, 0) is 4.79 Å². The molecule has 0 aliphatic rings. The number of carboxylic acid groups (broad SMARTS) is 1. The molecule has 1 aromatic carbocycles. The van der Waals surface area contributed by atoms with E-state index in [-0.39, 0.29) is 0 Å². The van der Waals surface area contributed by atoms with Crippen molar-refractivity contribution in [2.24, 2.45) is 5.92 Å². The second kappa shape index (κ2) is 5.09. The molecule has 0 radical (unpaired) electrons. The predicted molar refractivity (Wildman–Crippen MR) is 63.6 cm³/mol. The Morgan fingerprint density at radius 2 is 1.93 bits per heavy atom. The van der Waals surface area contributed by atoms with Crippen LogP contribution in [-0.4, -0.2) is 16.2 Å². The van der Waals surface area contributed by atoms with Crippen LogP contribution in [0.1, 0.15) is 18.6 Å². The number of aliphatic carboxylic acids is 1. The van der Waals surface area contributed by atoms with Gasteiger partial charge in [0.25, 0.3) is 0 Å². The molecule has 0 saturated carbocycles. The molecule has 0 saturated heterocycles. The molecule has 0 spiro atoms. The Hall–Kier alpha value is -0.390. The minimum absolute atomic E-state index is 0.583. The van der Waals surface area contributed by atoms with Crippen molar-refractivity contribution < 1.29 is 15.0 Å². The summed E-state index contributed by atoms with van der Waals surface area (Å²) in [6.07, 6.45) is -0.994. The maximum Gasteiger partial charge on any atom is 0.309 e. The molecule has 3 nitrogen and oxygen atoms in total. The average Bonchev–Trinajstić information content (AvgIpc) is 2.19. The van der Waals surface area contributed by atoms with Gasteiger partial charge in [0.15, 0.2) is 0 Å². The van der Waals surface area contributed by atoms with E-state index in [0.29, 0.717) is 5.56 Å². The van der Waals surface area contributed by atoms with Gasteiger partial charge in [-0.05, 0) is 56.5 Å². The van der Waals surface area contributed by atoms with Gasteiger partial charge in [0.1, 0.15) is 0 Å². The molecule has 15 heavy (non-hydrogen) atoms. The smallest absolute Gasteiger partial charge is 0.309 e. The highest BCUT2D eigenvalue weighted by Crippen LogP contribution is 2.29. The van der Waals surface area contributed by atoms with Gasteiger partial charge in [0.05, 0.1) is 12.0 Å². The number of hydrogen-bond donors (Lipinski definition) is 2. The van der Waals surface area contributed by atoms with Crippen LogP contribution in [0.15, 0.2) is 27.1 Å². The van der Waals surface area contributed by atoms with Crippen LogP contribution in [0.2, 0.25) is 0 Å². The second-order valence-electron chi connectivity index (χ2n) is 3.25. The lowest BCUT2D eigenvalue weighted by Crippen LogP contribution is -2.18. The van der Waals surface area contributed by atoms with Crippen molar-refractivity contribution in [1.29, 1.82) is 0 Å². The second-order valence-corrected chi connectivity index (χ2v) is 4.95. The molecule has 0 fully saturated rings. The number of benzene rings is 1. The molecule has 0 bridgehead atoms. The fourth-order valence-electron chi connectivity index (χ4n) is 1.12. The number of carbonyl (C=O) groups is 1. The number of halogens is 2. The summed E-state index contributed by atoms with van der Waals surface area (Å²) in [7, 11) is 0. The van der Waals surface area contributed by atoms with Crippen molar-refractivity contribution in [2.75, 3.05) is 0 Å². The number of aliphatic hydroxyl groups is 1. The SMILES string of the molecule is CC(C(=O)O)C(O)c1ccc(Br)c(Br)c1. The van der Waals surface area contributed by atoms with Crippen LogP contribution in [0, 0.1) is 5.92 Å². The highest BCUT2D eigenvalue weighted by atomic mass is 79.9. The first kappa shape index (κ1) is 12.7. The zero-order valence-electron chi connectivity index (χ0n) is 7.95. The van der Waals surface area contributed by atoms with Gasteiger partial charge in [0, 0.05) is 8.95 Å². The van der Waals surface area contributed by atoms with Gasteiger partial charge in [0.2, 0.25) is 0 Å². The summed E-state index contributed by atoms with van der Waals surface area (Å²) in [6, 6.07) is 5.16. The number of hydrogen-bond acceptors (Lipinski definition) is 2. The predicted octanol–water partition coefficient (Wildman–Crippen LogP) is 2.97. The Morgan fingerprint density at radius 1 is 1.33 bits per heavy atom. The minimum Gasteiger partial charge on any atom is -0.481 e. The molecule has 0 amide bonds. The van der Waals surface area contributed by atoms with E-state index >= 15 is 0 Å². The Balaban J connectivity index is 2.96. The minimum atomic E-state index is -1.01. The van der Waals surface area contributed by atoms with Gasteiger partial charge in [-0.3, -0.25) is 4.79 Å². The van der Waals surface area contributed by atoms with Gasteiger partial charge in [-0.15, -0.1) is 0 Å². The fraction of sp³-hybridized carbons (Fsp3) is 0.300. The normalized spacial score (nSPS) is 14.7. The lowest BCUT2D eigenvalue weighted by atomic mass is 9.98. The van der Waals surface area contributed by atoms with E-state index in [1.165, 1.54) is 6.92 Å². The summed E-state index contributed by atoms with van der Waals surface area (Å²) in [5.74, 6) is -1.83. The molecule has 5 heteroatoms. The molecule has 1 rings (SSSR count). The van der Waals surface area contributed by atoms with Crippen molar-refractivity contribution in [3.63, 3.8) is 0 Å². The molecule has 2 unspecified atom stereocenters. The van der Waals surface area contributed by atoms with Crippen LogP contribution in [0.5, 0.6) is 0 Å². The monoisotopic (exact) mass is 336 g/mol. The van der Waals surface area contributed by atoms with Crippen LogP contribution in [0.4, 0.5) is 0 Å². The maximum atomic E-state index is 10.7. The Labute approximate surface area is 104 Å². The molecule has 0 aliphatic heterocycles. The molecule has 2 N–H and O–H groups in total. The summed E-state index contributed by atoms with van der Waals surface area (Å²) in [4.78, 5) is 10.7. The van der Waals surface area contributed by atoms with Crippen LogP contribution in [0.3, 0.4) is 0 Å². The van der Waals surface area contributed by atoms with E-state index in [1.807, 2.05) is 0 Å². The zero-order valence-corrected chi connectivity index (χ0v) is 11.1. The third kappa shape index (κ3) is 3.03. The molecule has 82 valence electrons. The molecular formula is C10H10Br2O3. The van der Waals surface area contributed by atoms with Crippen molar-refractivity contribution >= 4 is 37.8 Å². The van der Waals surface area contributed by atoms with Crippen molar-refractivity contribution in [3.8, 4) is 0 Å². The highest BCUT2D eigenvalue weighted by molar-refractivity contribution is 9.13. The zero-order chi connectivity index (χ0) is 11.6. The van der Waals surface area contributed by atoms with Crippen molar-refractivity contribution in [2.45, 2.75) is 13.0 Å². The molecule has 1 aromatic rings. The van der Waals surface area contributed by atoms with Gasteiger partial charge in [-0.1, -0.05) is 6.07 Å².